The molecule has 3 rings (SSSR count). The summed E-state index contributed by atoms with van der Waals surface area (Å²) < 4.78 is 39.8. The molecule has 0 aliphatic rings. The van der Waals surface area contributed by atoms with Gasteiger partial charge in [0.05, 0.1) is 6.61 Å². The van der Waals surface area contributed by atoms with Gasteiger partial charge >= 0.3 is 5.97 Å². The number of esters is 1. The van der Waals surface area contributed by atoms with Gasteiger partial charge in [-0.05, 0) is 67.6 Å². The molecule has 0 aliphatic carbocycles. The van der Waals surface area contributed by atoms with Crippen LogP contribution in [0.1, 0.15) is 25.8 Å². The minimum atomic E-state index is -3.75. The van der Waals surface area contributed by atoms with Gasteiger partial charge in [0, 0.05) is 33.5 Å². The maximum Gasteiger partial charge on any atom is 0.344 e. The fourth-order valence-electron chi connectivity index (χ4n) is 3.46. The molecule has 0 atom stereocenters. The quantitative estimate of drug-likeness (QED) is 0.183. The number of carbonyl (C=O) groups is 1. The zero-order valence-electron chi connectivity index (χ0n) is 19.9. The molecule has 0 fully saturated rings. The lowest BCUT2D eigenvalue weighted by atomic mass is 9.96. The zero-order chi connectivity index (χ0) is 25.6. The molecular formula is C24H27BClNO5S3. The first-order chi connectivity index (χ1) is 16.7. The normalized spacial score (nSPS) is 11.8. The number of thioether (sulfide) groups is 1. The van der Waals surface area contributed by atoms with E-state index in [9.17, 15) is 13.2 Å². The molecule has 1 heterocycles. The van der Waals surface area contributed by atoms with Gasteiger partial charge < -0.3 is 9.47 Å². The Morgan fingerprint density at radius 1 is 1.17 bits per heavy atom. The Balaban J connectivity index is 1.68. The van der Waals surface area contributed by atoms with E-state index in [0.29, 0.717) is 48.0 Å². The number of benzene rings is 2. The van der Waals surface area contributed by atoms with Gasteiger partial charge in [0.15, 0.2) is 6.61 Å². The fraction of sp³-hybridized carbons (Fsp3) is 0.375. The van der Waals surface area contributed by atoms with E-state index in [1.807, 2.05) is 26.0 Å². The maximum absolute atomic E-state index is 13.5. The Bertz CT molecular complexity index is 1300. The first kappa shape index (κ1) is 27.9. The van der Waals surface area contributed by atoms with Crippen LogP contribution in [-0.4, -0.2) is 58.6 Å². The molecule has 0 spiro atoms. The number of rotatable bonds is 12. The predicted molar refractivity (Wildman–Crippen MR) is 145 cm³/mol. The van der Waals surface area contributed by atoms with Gasteiger partial charge in [-0.25, -0.2) is 13.2 Å². The van der Waals surface area contributed by atoms with E-state index in [2.05, 4.69) is 0 Å². The second-order valence-electron chi connectivity index (χ2n) is 7.72. The van der Waals surface area contributed by atoms with Crippen molar-refractivity contribution in [2.45, 2.75) is 36.3 Å². The highest BCUT2D eigenvalue weighted by Gasteiger charge is 2.28. The Morgan fingerprint density at radius 2 is 1.94 bits per heavy atom. The van der Waals surface area contributed by atoms with Gasteiger partial charge in [-0.3, -0.25) is 0 Å². The van der Waals surface area contributed by atoms with Gasteiger partial charge in [-0.15, -0.1) is 23.1 Å². The first-order valence-corrected chi connectivity index (χ1v) is 14.8. The van der Waals surface area contributed by atoms with E-state index in [1.54, 1.807) is 43.0 Å². The summed E-state index contributed by atoms with van der Waals surface area (Å²) in [5.74, 6) is 0.765. The van der Waals surface area contributed by atoms with Crippen LogP contribution in [0, 0.1) is 6.92 Å². The molecule has 0 amide bonds. The SMILES string of the molecule is [B]c1c(S(=O)(=O)N(CCC)CCSc2ccc(OCC(=O)OCC)c(C)c2)sc2ccc(Cl)cc12. The second-order valence-corrected chi connectivity index (χ2v) is 12.5. The van der Waals surface area contributed by atoms with Crippen molar-refractivity contribution in [2.24, 2.45) is 0 Å². The molecule has 1 aromatic heterocycles. The van der Waals surface area contributed by atoms with Crippen molar-refractivity contribution in [1.82, 2.24) is 4.31 Å². The molecule has 0 N–H and O–H groups in total. The molecule has 11 heteroatoms. The van der Waals surface area contributed by atoms with Crippen molar-refractivity contribution >= 4 is 74.1 Å². The van der Waals surface area contributed by atoms with Gasteiger partial charge in [0.2, 0.25) is 0 Å². The maximum atomic E-state index is 13.5. The van der Waals surface area contributed by atoms with Gasteiger partial charge in [0.1, 0.15) is 17.8 Å². The highest BCUT2D eigenvalue weighted by atomic mass is 35.5. The third-order valence-electron chi connectivity index (χ3n) is 5.11. The Morgan fingerprint density at radius 3 is 2.63 bits per heavy atom. The molecule has 0 saturated carbocycles. The van der Waals surface area contributed by atoms with E-state index >= 15 is 0 Å². The fourth-order valence-corrected chi connectivity index (χ4v) is 7.93. The third-order valence-corrected chi connectivity index (χ3v) is 9.91. The van der Waals surface area contributed by atoms with Crippen LogP contribution in [-0.2, 0) is 19.6 Å². The molecule has 3 aromatic rings. The summed E-state index contributed by atoms with van der Waals surface area (Å²) in [5.41, 5.74) is 1.13. The van der Waals surface area contributed by atoms with E-state index in [-0.39, 0.29) is 16.3 Å². The van der Waals surface area contributed by atoms with E-state index in [4.69, 9.17) is 28.9 Å². The standard InChI is InChI=1S/C24H27BClNO5S3/c1-4-10-27(35(29,30)24-23(25)19-14-17(26)6-9-21(19)34-24)11-12-33-18-7-8-20(16(3)13-18)32-15-22(28)31-5-2/h6-9,13-14H,4-5,10-12,15H2,1-3H3. The number of sulfonamides is 1. The summed E-state index contributed by atoms with van der Waals surface area (Å²) in [6.07, 6.45) is 0.687. The van der Waals surface area contributed by atoms with E-state index in [0.717, 1.165) is 15.2 Å². The first-order valence-electron chi connectivity index (χ1n) is 11.2. The number of aryl methyl sites for hydroxylation is 1. The summed E-state index contributed by atoms with van der Waals surface area (Å²) in [5, 5.41) is 1.17. The lowest BCUT2D eigenvalue weighted by Crippen LogP contribution is -2.35. The van der Waals surface area contributed by atoms with Crippen LogP contribution in [0.4, 0.5) is 0 Å². The summed E-state index contributed by atoms with van der Waals surface area (Å²) in [6, 6.07) is 10.9. The Kier molecular flexibility index (Phi) is 9.95. The molecule has 35 heavy (non-hydrogen) atoms. The molecule has 0 saturated heterocycles. The molecule has 0 unspecified atom stereocenters. The van der Waals surface area contributed by atoms with Crippen LogP contribution in [0.3, 0.4) is 0 Å². The van der Waals surface area contributed by atoms with Crippen molar-refractivity contribution in [1.29, 1.82) is 0 Å². The third kappa shape index (κ3) is 6.95. The number of thiophene rings is 1. The van der Waals surface area contributed by atoms with Gasteiger partial charge in [0.25, 0.3) is 10.0 Å². The van der Waals surface area contributed by atoms with Crippen molar-refractivity contribution in [2.75, 3.05) is 32.1 Å². The molecule has 6 nitrogen and oxygen atoms in total. The molecule has 186 valence electrons. The van der Waals surface area contributed by atoms with Crippen LogP contribution in [0.5, 0.6) is 5.75 Å². The number of ether oxygens (including phenoxy) is 2. The van der Waals surface area contributed by atoms with E-state index < -0.39 is 16.0 Å². The van der Waals surface area contributed by atoms with E-state index in [1.165, 1.54) is 15.6 Å². The van der Waals surface area contributed by atoms with Crippen LogP contribution in [0.15, 0.2) is 45.5 Å². The number of carbonyl (C=O) groups excluding carboxylic acids is 1. The molecule has 2 aromatic carbocycles. The highest BCUT2D eigenvalue weighted by Crippen LogP contribution is 2.31. The van der Waals surface area contributed by atoms with Crippen molar-refractivity contribution in [3.05, 3.63) is 47.0 Å². The van der Waals surface area contributed by atoms with Crippen molar-refractivity contribution in [3.63, 3.8) is 0 Å². The number of halogens is 1. The van der Waals surface area contributed by atoms with Gasteiger partial charge in [-0.1, -0.05) is 24.0 Å². The van der Waals surface area contributed by atoms with Crippen LogP contribution < -0.4 is 10.2 Å². The smallest absolute Gasteiger partial charge is 0.344 e. The molecule has 0 bridgehead atoms. The largest absolute Gasteiger partial charge is 0.482 e. The lowest BCUT2D eigenvalue weighted by Gasteiger charge is -2.21. The summed E-state index contributed by atoms with van der Waals surface area (Å²) in [6.45, 7) is 6.50. The average molecular weight is 552 g/mol. The van der Waals surface area contributed by atoms with Gasteiger partial charge in [-0.2, -0.15) is 4.31 Å². The van der Waals surface area contributed by atoms with Crippen LogP contribution >= 0.6 is 34.7 Å². The topological polar surface area (TPSA) is 72.9 Å². The Labute approximate surface area is 221 Å². The number of fused-ring (bicyclic) bond motifs is 1. The predicted octanol–water partition coefficient (Wildman–Crippen LogP) is 4.79. The highest BCUT2D eigenvalue weighted by molar-refractivity contribution is 7.99. The number of hydrogen-bond acceptors (Lipinski definition) is 7. The van der Waals surface area contributed by atoms with Crippen molar-refractivity contribution < 1.29 is 22.7 Å². The lowest BCUT2D eigenvalue weighted by molar-refractivity contribution is -0.145. The van der Waals surface area contributed by atoms with Crippen LogP contribution in [0.25, 0.3) is 10.1 Å². The summed E-state index contributed by atoms with van der Waals surface area (Å²) in [4.78, 5) is 12.5. The molecule has 0 aliphatic heterocycles. The molecule has 2 radical (unpaired) electrons. The Hall–Kier alpha value is -1.72. The van der Waals surface area contributed by atoms with Crippen molar-refractivity contribution in [3.8, 4) is 5.75 Å². The summed E-state index contributed by atoms with van der Waals surface area (Å²) in [7, 11) is 2.49. The molecular weight excluding hydrogens is 525 g/mol. The zero-order valence-corrected chi connectivity index (χ0v) is 23.1. The number of nitrogens with zero attached hydrogens (tertiary/aromatic N) is 1. The second kappa shape index (κ2) is 12.5. The minimum absolute atomic E-state index is 0.141. The average Bonchev–Trinajstić information content (AvgIpc) is 3.14. The summed E-state index contributed by atoms with van der Waals surface area (Å²) >= 11 is 8.80. The minimum Gasteiger partial charge on any atom is -0.482 e. The van der Waals surface area contributed by atoms with Crippen LogP contribution in [0.2, 0.25) is 5.02 Å². The number of hydrogen-bond donors (Lipinski definition) is 0. The monoisotopic (exact) mass is 551 g/mol.